The zero-order chi connectivity index (χ0) is 10.1. The van der Waals surface area contributed by atoms with Crippen molar-refractivity contribution in [3.63, 3.8) is 0 Å². The Morgan fingerprint density at radius 3 is 3.07 bits per heavy atom. The van der Waals surface area contributed by atoms with E-state index >= 15 is 0 Å². The van der Waals surface area contributed by atoms with Gasteiger partial charge in [0, 0.05) is 18.2 Å². The fourth-order valence-corrected chi connectivity index (χ4v) is 1.72. The van der Waals surface area contributed by atoms with Crippen molar-refractivity contribution < 1.29 is 4.79 Å². The highest BCUT2D eigenvalue weighted by Gasteiger charge is 2.23. The lowest BCUT2D eigenvalue weighted by molar-refractivity contribution is 0.0971. The molecule has 1 aromatic heterocycles. The van der Waals surface area contributed by atoms with Crippen LogP contribution in [0.1, 0.15) is 35.8 Å². The van der Waals surface area contributed by atoms with Gasteiger partial charge in [0.25, 0.3) is 0 Å². The largest absolute Gasteiger partial charge is 0.366 e. The number of fused-ring (bicyclic) bond motifs is 1. The van der Waals surface area contributed by atoms with E-state index in [1.807, 2.05) is 19.1 Å². The molecular formula is C11H14N2O. The second-order valence-corrected chi connectivity index (χ2v) is 3.73. The van der Waals surface area contributed by atoms with Crippen LogP contribution in [-0.2, 0) is 0 Å². The van der Waals surface area contributed by atoms with E-state index in [-0.39, 0.29) is 11.8 Å². The Morgan fingerprint density at radius 2 is 2.36 bits per heavy atom. The minimum Gasteiger partial charge on any atom is -0.366 e. The summed E-state index contributed by atoms with van der Waals surface area (Å²) in [6, 6.07) is 3.99. The zero-order valence-electron chi connectivity index (χ0n) is 8.50. The first-order valence-electron chi connectivity index (χ1n) is 4.98. The SMILES string of the molecule is CCC1CC(=O)c2ccc(C)nc2N1. The van der Waals surface area contributed by atoms with Gasteiger partial charge >= 0.3 is 0 Å². The molecule has 0 spiro atoms. The van der Waals surface area contributed by atoms with Gasteiger partial charge in [-0.2, -0.15) is 0 Å². The Hall–Kier alpha value is -1.38. The van der Waals surface area contributed by atoms with E-state index in [0.717, 1.165) is 23.5 Å². The van der Waals surface area contributed by atoms with E-state index in [0.29, 0.717) is 6.42 Å². The minimum atomic E-state index is 0.207. The molecule has 1 aromatic rings. The summed E-state index contributed by atoms with van der Waals surface area (Å²) in [5.41, 5.74) is 1.68. The average Bonchev–Trinajstić information content (AvgIpc) is 2.16. The normalized spacial score (nSPS) is 20.1. The first-order chi connectivity index (χ1) is 6.70. The van der Waals surface area contributed by atoms with Crippen LogP contribution in [0.3, 0.4) is 0 Å². The summed E-state index contributed by atoms with van der Waals surface area (Å²) in [6.45, 7) is 4.01. The smallest absolute Gasteiger partial charge is 0.168 e. The maximum Gasteiger partial charge on any atom is 0.168 e. The summed E-state index contributed by atoms with van der Waals surface area (Å²) in [6.07, 6.45) is 1.55. The van der Waals surface area contributed by atoms with Crippen molar-refractivity contribution in [1.82, 2.24) is 4.98 Å². The lowest BCUT2D eigenvalue weighted by atomic mass is 9.98. The van der Waals surface area contributed by atoms with Gasteiger partial charge in [-0.25, -0.2) is 4.98 Å². The lowest BCUT2D eigenvalue weighted by Gasteiger charge is -2.24. The number of hydrogen-bond donors (Lipinski definition) is 1. The van der Waals surface area contributed by atoms with Crippen LogP contribution in [0.25, 0.3) is 0 Å². The number of hydrogen-bond acceptors (Lipinski definition) is 3. The fourth-order valence-electron chi connectivity index (χ4n) is 1.72. The number of carbonyl (C=O) groups excluding carboxylic acids is 1. The molecule has 1 aliphatic heterocycles. The molecule has 3 nitrogen and oxygen atoms in total. The predicted molar refractivity (Wildman–Crippen MR) is 55.6 cm³/mol. The molecule has 0 saturated carbocycles. The molecule has 0 radical (unpaired) electrons. The third kappa shape index (κ3) is 1.50. The van der Waals surface area contributed by atoms with Crippen LogP contribution in [0.2, 0.25) is 0 Å². The van der Waals surface area contributed by atoms with Crippen molar-refractivity contribution in [2.45, 2.75) is 32.7 Å². The number of carbonyl (C=O) groups is 1. The van der Waals surface area contributed by atoms with Gasteiger partial charge in [0.05, 0.1) is 5.56 Å². The Kier molecular flexibility index (Phi) is 2.23. The van der Waals surface area contributed by atoms with Crippen molar-refractivity contribution in [3.8, 4) is 0 Å². The fraction of sp³-hybridized carbons (Fsp3) is 0.455. The van der Waals surface area contributed by atoms with Crippen molar-refractivity contribution in [2.24, 2.45) is 0 Å². The Morgan fingerprint density at radius 1 is 1.57 bits per heavy atom. The highest BCUT2D eigenvalue weighted by atomic mass is 16.1. The molecule has 74 valence electrons. The summed E-state index contributed by atoms with van der Waals surface area (Å²) in [5, 5.41) is 3.29. The molecule has 1 N–H and O–H groups in total. The van der Waals surface area contributed by atoms with E-state index in [1.165, 1.54) is 0 Å². The van der Waals surface area contributed by atoms with Crippen LogP contribution in [0, 0.1) is 6.92 Å². The quantitative estimate of drug-likeness (QED) is 0.738. The van der Waals surface area contributed by atoms with Crippen LogP contribution >= 0.6 is 0 Å². The Balaban J connectivity index is 2.40. The van der Waals surface area contributed by atoms with E-state index in [2.05, 4.69) is 17.2 Å². The Labute approximate surface area is 83.5 Å². The molecule has 0 fully saturated rings. The third-order valence-corrected chi connectivity index (χ3v) is 2.60. The molecule has 1 aliphatic rings. The maximum atomic E-state index is 11.7. The van der Waals surface area contributed by atoms with Crippen LogP contribution in [0.15, 0.2) is 12.1 Å². The van der Waals surface area contributed by atoms with Gasteiger partial charge in [0.15, 0.2) is 5.78 Å². The highest BCUT2D eigenvalue weighted by Crippen LogP contribution is 2.24. The molecule has 1 unspecified atom stereocenters. The zero-order valence-corrected chi connectivity index (χ0v) is 8.50. The van der Waals surface area contributed by atoms with E-state index in [4.69, 9.17) is 0 Å². The lowest BCUT2D eigenvalue weighted by Crippen LogP contribution is -2.29. The number of ketones is 1. The van der Waals surface area contributed by atoms with Crippen molar-refractivity contribution >= 4 is 11.6 Å². The maximum absolute atomic E-state index is 11.7. The number of aromatic nitrogens is 1. The molecule has 3 heteroatoms. The third-order valence-electron chi connectivity index (χ3n) is 2.60. The van der Waals surface area contributed by atoms with Gasteiger partial charge < -0.3 is 5.32 Å². The van der Waals surface area contributed by atoms with Crippen molar-refractivity contribution in [1.29, 1.82) is 0 Å². The summed E-state index contributed by atoms with van der Waals surface area (Å²) < 4.78 is 0. The molecule has 2 heterocycles. The average molecular weight is 190 g/mol. The molecule has 2 rings (SSSR count). The van der Waals surface area contributed by atoms with Gasteiger partial charge in [-0.1, -0.05) is 6.92 Å². The molecule has 0 bridgehead atoms. The highest BCUT2D eigenvalue weighted by molar-refractivity contribution is 6.02. The van der Waals surface area contributed by atoms with E-state index < -0.39 is 0 Å². The van der Waals surface area contributed by atoms with Crippen LogP contribution in [-0.4, -0.2) is 16.8 Å². The standard InChI is InChI=1S/C11H14N2O/c1-3-8-6-10(14)9-5-4-7(2)12-11(9)13-8/h4-5,8H,3,6H2,1-2H3,(H,12,13). The van der Waals surface area contributed by atoms with Crippen molar-refractivity contribution in [3.05, 3.63) is 23.4 Å². The number of anilines is 1. The van der Waals surface area contributed by atoms with Crippen LogP contribution < -0.4 is 5.32 Å². The van der Waals surface area contributed by atoms with Crippen molar-refractivity contribution in [2.75, 3.05) is 5.32 Å². The van der Waals surface area contributed by atoms with Gasteiger partial charge in [0.1, 0.15) is 5.82 Å². The van der Waals surface area contributed by atoms with Gasteiger partial charge in [-0.15, -0.1) is 0 Å². The van der Waals surface area contributed by atoms with Gasteiger partial charge in [0.2, 0.25) is 0 Å². The first kappa shape index (κ1) is 9.19. The van der Waals surface area contributed by atoms with Crippen LogP contribution in [0.4, 0.5) is 5.82 Å². The molecule has 0 amide bonds. The molecular weight excluding hydrogens is 176 g/mol. The van der Waals surface area contributed by atoms with Gasteiger partial charge in [-0.3, -0.25) is 4.79 Å². The number of pyridine rings is 1. The van der Waals surface area contributed by atoms with E-state index in [9.17, 15) is 4.79 Å². The number of rotatable bonds is 1. The summed E-state index contributed by atoms with van der Waals surface area (Å²) >= 11 is 0. The monoisotopic (exact) mass is 190 g/mol. The summed E-state index contributed by atoms with van der Waals surface area (Å²) in [5.74, 6) is 0.964. The number of aryl methyl sites for hydroxylation is 1. The summed E-state index contributed by atoms with van der Waals surface area (Å²) in [4.78, 5) is 16.0. The van der Waals surface area contributed by atoms with Crippen LogP contribution in [0.5, 0.6) is 0 Å². The predicted octanol–water partition coefficient (Wildman–Crippen LogP) is 2.17. The first-order valence-corrected chi connectivity index (χ1v) is 4.98. The second-order valence-electron chi connectivity index (χ2n) is 3.73. The topological polar surface area (TPSA) is 42.0 Å². The molecule has 0 aromatic carbocycles. The van der Waals surface area contributed by atoms with Gasteiger partial charge in [-0.05, 0) is 25.5 Å². The molecule has 0 aliphatic carbocycles. The number of Topliss-reactive ketones (excluding diaryl/α,β-unsaturated/α-hetero) is 1. The molecule has 14 heavy (non-hydrogen) atoms. The summed E-state index contributed by atoms with van der Waals surface area (Å²) in [7, 11) is 0. The second kappa shape index (κ2) is 3.40. The number of nitrogens with one attached hydrogen (secondary N) is 1. The Bertz CT molecular complexity index is 374. The molecule has 0 saturated heterocycles. The molecule has 1 atom stereocenters. The number of nitrogens with zero attached hydrogens (tertiary/aromatic N) is 1. The minimum absolute atomic E-state index is 0.207. The van der Waals surface area contributed by atoms with E-state index in [1.54, 1.807) is 0 Å².